The summed E-state index contributed by atoms with van der Waals surface area (Å²) in [5, 5.41) is 6.14. The van der Waals surface area contributed by atoms with E-state index in [9.17, 15) is 4.79 Å². The molecular weight excluding hydrogens is 256 g/mol. The fourth-order valence-electron chi connectivity index (χ4n) is 2.37. The Kier molecular flexibility index (Phi) is 5.73. The lowest BCUT2D eigenvalue weighted by atomic mass is 9.95. The minimum absolute atomic E-state index is 0.117. The molecule has 110 valence electrons. The first-order valence-electron chi connectivity index (χ1n) is 7.15. The predicted molar refractivity (Wildman–Crippen MR) is 76.7 cm³/mol. The average molecular weight is 278 g/mol. The molecule has 0 bridgehead atoms. The summed E-state index contributed by atoms with van der Waals surface area (Å²) in [6.45, 7) is 1.24. The summed E-state index contributed by atoms with van der Waals surface area (Å²) in [5.41, 5.74) is 0.408. The van der Waals surface area contributed by atoms with Gasteiger partial charge >= 0.3 is 0 Å². The second-order valence-corrected chi connectivity index (χ2v) is 5.02. The molecule has 1 fully saturated rings. The van der Waals surface area contributed by atoms with E-state index in [-0.39, 0.29) is 11.9 Å². The van der Waals surface area contributed by atoms with Gasteiger partial charge in [0.05, 0.1) is 6.61 Å². The third-order valence-electron chi connectivity index (χ3n) is 3.45. The highest BCUT2D eigenvalue weighted by atomic mass is 16.5. The van der Waals surface area contributed by atoms with Crippen molar-refractivity contribution in [3.05, 3.63) is 18.1 Å². The van der Waals surface area contributed by atoms with E-state index in [0.29, 0.717) is 24.7 Å². The molecule has 1 saturated carbocycles. The monoisotopic (exact) mass is 278 g/mol. The van der Waals surface area contributed by atoms with Crippen LogP contribution in [0.2, 0.25) is 0 Å². The van der Waals surface area contributed by atoms with E-state index < -0.39 is 0 Å². The highest BCUT2D eigenvalue weighted by Gasteiger charge is 2.17. The van der Waals surface area contributed by atoms with Crippen LogP contribution in [0.1, 0.15) is 42.6 Å². The molecule has 20 heavy (non-hydrogen) atoms. The number of hydrogen-bond donors (Lipinski definition) is 2. The van der Waals surface area contributed by atoms with Crippen LogP contribution in [0.5, 0.6) is 0 Å². The van der Waals surface area contributed by atoms with Gasteiger partial charge in [-0.3, -0.25) is 4.79 Å². The van der Waals surface area contributed by atoms with Gasteiger partial charge in [-0.05, 0) is 12.8 Å². The normalized spacial score (nSPS) is 15.8. The van der Waals surface area contributed by atoms with Crippen molar-refractivity contribution < 1.29 is 9.53 Å². The Morgan fingerprint density at radius 2 is 2.15 bits per heavy atom. The molecule has 2 N–H and O–H groups in total. The first-order chi connectivity index (χ1) is 9.79. The molecule has 6 heteroatoms. The lowest BCUT2D eigenvalue weighted by molar-refractivity contribution is 0.0922. The number of amides is 1. The summed E-state index contributed by atoms with van der Waals surface area (Å²) >= 11 is 0. The summed E-state index contributed by atoms with van der Waals surface area (Å²) < 4.78 is 4.96. The molecule has 0 aromatic carbocycles. The molecule has 1 aliphatic rings. The van der Waals surface area contributed by atoms with Crippen molar-refractivity contribution >= 4 is 11.7 Å². The van der Waals surface area contributed by atoms with E-state index in [1.165, 1.54) is 25.6 Å². The van der Waals surface area contributed by atoms with Crippen molar-refractivity contribution in [3.8, 4) is 0 Å². The molecule has 1 aromatic rings. The highest BCUT2D eigenvalue weighted by molar-refractivity contribution is 5.93. The highest BCUT2D eigenvalue weighted by Crippen LogP contribution is 2.17. The van der Waals surface area contributed by atoms with Crippen LogP contribution in [-0.2, 0) is 4.74 Å². The average Bonchev–Trinajstić information content (AvgIpc) is 2.49. The number of anilines is 1. The molecule has 0 unspecified atom stereocenters. The Balaban J connectivity index is 1.89. The molecule has 1 aromatic heterocycles. The maximum atomic E-state index is 12.1. The zero-order chi connectivity index (χ0) is 14.2. The van der Waals surface area contributed by atoms with Gasteiger partial charge in [0, 0.05) is 25.8 Å². The van der Waals surface area contributed by atoms with E-state index in [1.54, 1.807) is 13.2 Å². The fourth-order valence-corrected chi connectivity index (χ4v) is 2.37. The standard InChI is InChI=1S/C14H22N4O2/c1-20-8-7-15-13-9-12(16-10-17-13)14(19)18-11-5-3-2-4-6-11/h9-11H,2-8H2,1H3,(H,18,19)(H,15,16,17). The molecule has 0 spiro atoms. The van der Waals surface area contributed by atoms with Crippen LogP contribution in [0.4, 0.5) is 5.82 Å². The molecule has 1 heterocycles. The Hall–Kier alpha value is -1.69. The summed E-state index contributed by atoms with van der Waals surface area (Å²) in [6.07, 6.45) is 7.20. The van der Waals surface area contributed by atoms with Gasteiger partial charge < -0.3 is 15.4 Å². The Morgan fingerprint density at radius 3 is 2.90 bits per heavy atom. The first kappa shape index (κ1) is 14.7. The van der Waals surface area contributed by atoms with Crippen molar-refractivity contribution in [1.29, 1.82) is 0 Å². The topological polar surface area (TPSA) is 76.1 Å². The van der Waals surface area contributed by atoms with E-state index in [1.807, 2.05) is 0 Å². The predicted octanol–water partition coefficient (Wildman–Crippen LogP) is 1.60. The zero-order valence-electron chi connectivity index (χ0n) is 11.9. The first-order valence-corrected chi connectivity index (χ1v) is 7.15. The Bertz CT molecular complexity index is 433. The summed E-state index contributed by atoms with van der Waals surface area (Å²) in [4.78, 5) is 20.3. The SMILES string of the molecule is COCCNc1cc(C(=O)NC2CCCCC2)ncn1. The summed E-state index contributed by atoms with van der Waals surface area (Å²) in [7, 11) is 1.64. The number of hydrogen-bond acceptors (Lipinski definition) is 5. The molecular formula is C14H22N4O2. The zero-order valence-corrected chi connectivity index (χ0v) is 11.9. The van der Waals surface area contributed by atoms with Crippen LogP contribution >= 0.6 is 0 Å². The van der Waals surface area contributed by atoms with Gasteiger partial charge in [0.25, 0.3) is 5.91 Å². The number of methoxy groups -OCH3 is 1. The number of carbonyl (C=O) groups is 1. The van der Waals surface area contributed by atoms with Crippen molar-refractivity contribution in [2.45, 2.75) is 38.1 Å². The Morgan fingerprint density at radius 1 is 1.35 bits per heavy atom. The number of nitrogens with zero attached hydrogens (tertiary/aromatic N) is 2. The molecule has 2 rings (SSSR count). The van der Waals surface area contributed by atoms with Crippen molar-refractivity contribution in [1.82, 2.24) is 15.3 Å². The number of rotatable bonds is 6. The molecule has 1 amide bonds. The second-order valence-electron chi connectivity index (χ2n) is 5.02. The van der Waals surface area contributed by atoms with Crippen LogP contribution in [0.15, 0.2) is 12.4 Å². The van der Waals surface area contributed by atoms with Crippen LogP contribution in [0, 0.1) is 0 Å². The van der Waals surface area contributed by atoms with Crippen LogP contribution < -0.4 is 10.6 Å². The third kappa shape index (κ3) is 4.45. The number of carbonyl (C=O) groups excluding carboxylic acids is 1. The van der Waals surface area contributed by atoms with Gasteiger partial charge in [0.1, 0.15) is 17.8 Å². The van der Waals surface area contributed by atoms with Gasteiger partial charge in [0.15, 0.2) is 0 Å². The third-order valence-corrected chi connectivity index (χ3v) is 3.45. The number of ether oxygens (including phenoxy) is 1. The largest absolute Gasteiger partial charge is 0.383 e. The van der Waals surface area contributed by atoms with Gasteiger partial charge in [-0.1, -0.05) is 19.3 Å². The fraction of sp³-hybridized carbons (Fsp3) is 0.643. The quantitative estimate of drug-likeness (QED) is 0.773. The Labute approximate surface area is 119 Å². The van der Waals surface area contributed by atoms with Gasteiger partial charge in [-0.2, -0.15) is 0 Å². The van der Waals surface area contributed by atoms with E-state index in [2.05, 4.69) is 20.6 Å². The smallest absolute Gasteiger partial charge is 0.270 e. The van der Waals surface area contributed by atoms with Crippen molar-refractivity contribution in [2.75, 3.05) is 25.6 Å². The number of aromatic nitrogens is 2. The second kappa shape index (κ2) is 7.79. The summed E-state index contributed by atoms with van der Waals surface area (Å²) in [5.74, 6) is 0.528. The molecule has 0 saturated heterocycles. The van der Waals surface area contributed by atoms with Crippen molar-refractivity contribution in [3.63, 3.8) is 0 Å². The van der Waals surface area contributed by atoms with Crippen LogP contribution in [-0.4, -0.2) is 42.2 Å². The minimum Gasteiger partial charge on any atom is -0.383 e. The number of nitrogens with one attached hydrogen (secondary N) is 2. The molecule has 1 aliphatic carbocycles. The molecule has 0 radical (unpaired) electrons. The summed E-state index contributed by atoms with van der Waals surface area (Å²) in [6, 6.07) is 1.96. The van der Waals surface area contributed by atoms with Crippen LogP contribution in [0.25, 0.3) is 0 Å². The lowest BCUT2D eigenvalue weighted by Gasteiger charge is -2.22. The van der Waals surface area contributed by atoms with Crippen molar-refractivity contribution in [2.24, 2.45) is 0 Å². The molecule has 0 atom stereocenters. The van der Waals surface area contributed by atoms with Gasteiger partial charge in [-0.25, -0.2) is 9.97 Å². The van der Waals surface area contributed by atoms with Gasteiger partial charge in [0.2, 0.25) is 0 Å². The maximum Gasteiger partial charge on any atom is 0.270 e. The van der Waals surface area contributed by atoms with Crippen LogP contribution in [0.3, 0.4) is 0 Å². The molecule has 6 nitrogen and oxygen atoms in total. The molecule has 0 aliphatic heterocycles. The van der Waals surface area contributed by atoms with E-state index >= 15 is 0 Å². The maximum absolute atomic E-state index is 12.1. The van der Waals surface area contributed by atoms with Gasteiger partial charge in [-0.15, -0.1) is 0 Å². The van der Waals surface area contributed by atoms with E-state index in [0.717, 1.165) is 12.8 Å². The minimum atomic E-state index is -0.117. The lowest BCUT2D eigenvalue weighted by Crippen LogP contribution is -2.36. The van der Waals surface area contributed by atoms with E-state index in [4.69, 9.17) is 4.74 Å².